The molecule has 39 heavy (non-hydrogen) atoms. The lowest BCUT2D eigenvalue weighted by atomic mass is 9.87. The number of hydrogen-bond acceptors (Lipinski definition) is 4. The van der Waals surface area contributed by atoms with Gasteiger partial charge in [-0.2, -0.15) is 0 Å². The summed E-state index contributed by atoms with van der Waals surface area (Å²) in [5.74, 6) is -0.343. The molecule has 0 bridgehead atoms. The standard InChI is InChI=1S/C32H45N3O4/c1-21(2)18-27(34-31(38)39-32(5,6)7)30(37)35(26-14-11-15-26)28(25-17-16-22(3)23(4)19-25)29(36)33-20-24-12-9-8-10-13-24/h8-10,12-13,16-17,19,21,26-28H,11,14-15,18,20H2,1-7H3,(H,33,36)(H,34,38). The quantitative estimate of drug-likeness (QED) is 0.392. The second kappa shape index (κ2) is 13.1. The molecule has 2 unspecified atom stereocenters. The fourth-order valence-corrected chi connectivity index (χ4v) is 4.76. The predicted octanol–water partition coefficient (Wildman–Crippen LogP) is 5.98. The molecule has 3 rings (SSSR count). The largest absolute Gasteiger partial charge is 0.444 e. The molecule has 0 saturated heterocycles. The smallest absolute Gasteiger partial charge is 0.408 e. The van der Waals surface area contributed by atoms with Crippen LogP contribution in [0.5, 0.6) is 0 Å². The Morgan fingerprint density at radius 2 is 1.67 bits per heavy atom. The number of alkyl carbamates (subject to hydrolysis) is 1. The molecule has 2 aromatic carbocycles. The molecule has 212 valence electrons. The van der Waals surface area contributed by atoms with Crippen LogP contribution in [0.3, 0.4) is 0 Å². The van der Waals surface area contributed by atoms with E-state index in [1.807, 2.05) is 76.2 Å². The monoisotopic (exact) mass is 535 g/mol. The van der Waals surface area contributed by atoms with E-state index in [2.05, 4.69) is 10.6 Å². The number of carbonyl (C=O) groups excluding carboxylic acids is 3. The van der Waals surface area contributed by atoms with E-state index in [4.69, 9.17) is 4.74 Å². The molecular formula is C32H45N3O4. The first-order valence-corrected chi connectivity index (χ1v) is 14.1. The van der Waals surface area contributed by atoms with Gasteiger partial charge in [-0.3, -0.25) is 9.59 Å². The van der Waals surface area contributed by atoms with Crippen LogP contribution in [0.25, 0.3) is 0 Å². The zero-order valence-corrected chi connectivity index (χ0v) is 24.5. The molecule has 0 radical (unpaired) electrons. The Balaban J connectivity index is 1.99. The van der Waals surface area contributed by atoms with Crippen molar-refractivity contribution < 1.29 is 19.1 Å². The van der Waals surface area contributed by atoms with Crippen LogP contribution >= 0.6 is 0 Å². The molecule has 1 saturated carbocycles. The first-order valence-electron chi connectivity index (χ1n) is 14.1. The lowest BCUT2D eigenvalue weighted by Crippen LogP contribution is -2.57. The van der Waals surface area contributed by atoms with Gasteiger partial charge in [-0.1, -0.05) is 62.4 Å². The van der Waals surface area contributed by atoms with E-state index in [0.29, 0.717) is 13.0 Å². The van der Waals surface area contributed by atoms with Gasteiger partial charge in [0, 0.05) is 12.6 Å². The van der Waals surface area contributed by atoms with Crippen molar-refractivity contribution in [1.82, 2.24) is 15.5 Å². The Hall–Kier alpha value is -3.35. The molecule has 1 aliphatic carbocycles. The highest BCUT2D eigenvalue weighted by Crippen LogP contribution is 2.35. The van der Waals surface area contributed by atoms with E-state index in [9.17, 15) is 14.4 Å². The molecule has 3 amide bonds. The number of benzene rings is 2. The summed E-state index contributed by atoms with van der Waals surface area (Å²) in [6.45, 7) is 13.8. The summed E-state index contributed by atoms with van der Waals surface area (Å²) < 4.78 is 5.49. The average Bonchev–Trinajstić information content (AvgIpc) is 2.81. The van der Waals surface area contributed by atoms with E-state index < -0.39 is 23.8 Å². The molecule has 2 aromatic rings. The van der Waals surface area contributed by atoms with Crippen LogP contribution in [-0.4, -0.2) is 40.5 Å². The number of amides is 3. The number of aryl methyl sites for hydroxylation is 2. The summed E-state index contributed by atoms with van der Waals surface area (Å²) in [6, 6.07) is 14.0. The van der Waals surface area contributed by atoms with E-state index in [1.165, 1.54) is 0 Å². The van der Waals surface area contributed by atoms with Crippen LogP contribution < -0.4 is 10.6 Å². The van der Waals surface area contributed by atoms with E-state index in [0.717, 1.165) is 41.5 Å². The molecule has 0 spiro atoms. The second-order valence-electron chi connectivity index (χ2n) is 12.1. The van der Waals surface area contributed by atoms with Crippen molar-refractivity contribution in [2.45, 2.75) is 104 Å². The number of nitrogens with one attached hydrogen (secondary N) is 2. The van der Waals surface area contributed by atoms with Crippen LogP contribution in [0.2, 0.25) is 0 Å². The summed E-state index contributed by atoms with van der Waals surface area (Å²) in [4.78, 5) is 42.8. The fraction of sp³-hybridized carbons (Fsp3) is 0.531. The van der Waals surface area contributed by atoms with Gasteiger partial charge in [0.15, 0.2) is 0 Å². The van der Waals surface area contributed by atoms with Crippen LogP contribution in [0.15, 0.2) is 48.5 Å². The van der Waals surface area contributed by atoms with Crippen molar-refractivity contribution in [1.29, 1.82) is 0 Å². The fourth-order valence-electron chi connectivity index (χ4n) is 4.76. The van der Waals surface area contributed by atoms with E-state index in [-0.39, 0.29) is 23.8 Å². The SMILES string of the molecule is Cc1ccc(C(C(=O)NCc2ccccc2)N(C(=O)C(CC(C)C)NC(=O)OC(C)(C)C)C2CCC2)cc1C. The molecule has 2 atom stereocenters. The molecule has 7 heteroatoms. The zero-order valence-electron chi connectivity index (χ0n) is 24.5. The molecule has 0 aromatic heterocycles. The number of ether oxygens (including phenoxy) is 1. The Bertz CT molecular complexity index is 1140. The van der Waals surface area contributed by atoms with Gasteiger partial charge >= 0.3 is 6.09 Å². The maximum Gasteiger partial charge on any atom is 0.408 e. The first-order chi connectivity index (χ1) is 18.4. The maximum atomic E-state index is 14.3. The third-order valence-electron chi connectivity index (χ3n) is 7.10. The molecule has 0 heterocycles. The normalized spacial score (nSPS) is 15.2. The topological polar surface area (TPSA) is 87.7 Å². The van der Waals surface area contributed by atoms with Gasteiger partial charge in [0.25, 0.3) is 0 Å². The highest BCUT2D eigenvalue weighted by Gasteiger charge is 2.42. The molecule has 7 nitrogen and oxygen atoms in total. The third-order valence-corrected chi connectivity index (χ3v) is 7.10. The Morgan fingerprint density at radius 3 is 2.21 bits per heavy atom. The predicted molar refractivity (Wildman–Crippen MR) is 154 cm³/mol. The van der Waals surface area contributed by atoms with Crippen LogP contribution in [0, 0.1) is 19.8 Å². The maximum absolute atomic E-state index is 14.3. The lowest BCUT2D eigenvalue weighted by Gasteiger charge is -2.44. The number of hydrogen-bond donors (Lipinski definition) is 2. The minimum Gasteiger partial charge on any atom is -0.444 e. The average molecular weight is 536 g/mol. The van der Waals surface area contributed by atoms with Crippen molar-refractivity contribution >= 4 is 17.9 Å². The molecular weight excluding hydrogens is 490 g/mol. The molecule has 0 aliphatic heterocycles. The highest BCUT2D eigenvalue weighted by atomic mass is 16.6. The van der Waals surface area contributed by atoms with Gasteiger partial charge in [0.05, 0.1) is 0 Å². The molecule has 2 N–H and O–H groups in total. The summed E-state index contributed by atoms with van der Waals surface area (Å²) in [5.41, 5.74) is 3.23. The van der Waals surface area contributed by atoms with Gasteiger partial charge in [0.2, 0.25) is 11.8 Å². The minimum absolute atomic E-state index is 0.0818. The third kappa shape index (κ3) is 8.57. The number of rotatable bonds is 10. The zero-order chi connectivity index (χ0) is 28.7. The Kier molecular flexibility index (Phi) is 10.2. The van der Waals surface area contributed by atoms with E-state index >= 15 is 0 Å². The van der Waals surface area contributed by atoms with Gasteiger partial charge in [-0.25, -0.2) is 4.79 Å². The highest BCUT2D eigenvalue weighted by molar-refractivity contribution is 5.92. The minimum atomic E-state index is -0.819. The number of nitrogens with zero attached hydrogens (tertiary/aromatic N) is 1. The molecule has 1 fully saturated rings. The van der Waals surface area contributed by atoms with Gasteiger partial charge in [-0.15, -0.1) is 0 Å². The summed E-state index contributed by atoms with van der Waals surface area (Å²) in [5, 5.41) is 5.90. The van der Waals surface area contributed by atoms with Crippen molar-refractivity contribution in [2.75, 3.05) is 0 Å². The Morgan fingerprint density at radius 1 is 1.00 bits per heavy atom. The lowest BCUT2D eigenvalue weighted by molar-refractivity contribution is -0.147. The van der Waals surface area contributed by atoms with Crippen LogP contribution in [0.4, 0.5) is 4.79 Å². The van der Waals surface area contributed by atoms with Crippen LogP contribution in [-0.2, 0) is 20.9 Å². The second-order valence-corrected chi connectivity index (χ2v) is 12.1. The number of carbonyl (C=O) groups is 3. The van der Waals surface area contributed by atoms with Crippen molar-refractivity contribution in [3.8, 4) is 0 Å². The Labute approximate surface area is 233 Å². The summed E-state index contributed by atoms with van der Waals surface area (Å²) in [6.07, 6.45) is 2.44. The van der Waals surface area contributed by atoms with Gasteiger partial charge in [-0.05, 0) is 88.5 Å². The van der Waals surface area contributed by atoms with E-state index in [1.54, 1.807) is 25.7 Å². The van der Waals surface area contributed by atoms with Crippen molar-refractivity contribution in [3.63, 3.8) is 0 Å². The first kappa shape index (κ1) is 30.2. The van der Waals surface area contributed by atoms with Gasteiger partial charge in [0.1, 0.15) is 17.7 Å². The van der Waals surface area contributed by atoms with Gasteiger partial charge < -0.3 is 20.3 Å². The van der Waals surface area contributed by atoms with Crippen LogP contribution in [0.1, 0.15) is 88.6 Å². The molecule has 1 aliphatic rings. The van der Waals surface area contributed by atoms with Crippen molar-refractivity contribution in [2.24, 2.45) is 5.92 Å². The summed E-state index contributed by atoms with van der Waals surface area (Å²) >= 11 is 0. The summed E-state index contributed by atoms with van der Waals surface area (Å²) in [7, 11) is 0. The van der Waals surface area contributed by atoms with Crippen molar-refractivity contribution in [3.05, 3.63) is 70.8 Å².